The van der Waals surface area contributed by atoms with Crippen LogP contribution in [0.5, 0.6) is 0 Å². The largest absolute Gasteiger partial charge is 0.379 e. The van der Waals surface area contributed by atoms with Crippen molar-refractivity contribution in [2.45, 2.75) is 6.92 Å². The number of fused-ring (bicyclic) bond motifs is 1. The molecule has 0 bridgehead atoms. The van der Waals surface area contributed by atoms with Gasteiger partial charge in [-0.25, -0.2) is 9.97 Å². The van der Waals surface area contributed by atoms with Crippen molar-refractivity contribution >= 4 is 16.7 Å². The zero-order valence-corrected chi connectivity index (χ0v) is 11.8. The van der Waals surface area contributed by atoms with Crippen LogP contribution in [-0.4, -0.2) is 54.3 Å². The second kappa shape index (κ2) is 6.15. The van der Waals surface area contributed by atoms with Crippen molar-refractivity contribution in [1.29, 1.82) is 0 Å². The predicted molar refractivity (Wildman–Crippen MR) is 80.0 cm³/mol. The highest BCUT2D eigenvalue weighted by Gasteiger charge is 2.10. The molecule has 1 aliphatic heterocycles. The van der Waals surface area contributed by atoms with Crippen LogP contribution in [0.25, 0.3) is 10.9 Å². The number of rotatable bonds is 4. The molecule has 0 saturated carbocycles. The van der Waals surface area contributed by atoms with Gasteiger partial charge in [-0.2, -0.15) is 0 Å². The lowest BCUT2D eigenvalue weighted by Crippen LogP contribution is -2.39. The monoisotopic (exact) mass is 272 g/mol. The molecule has 0 spiro atoms. The Bertz CT molecular complexity index is 581. The SMILES string of the molecule is Cc1ccc2ncnc(NCCN3CCOCC3)c2c1. The van der Waals surface area contributed by atoms with E-state index in [0.717, 1.165) is 56.1 Å². The summed E-state index contributed by atoms with van der Waals surface area (Å²) in [6, 6.07) is 6.25. The Labute approximate surface area is 119 Å². The lowest BCUT2D eigenvalue weighted by molar-refractivity contribution is 0.0398. The molecule has 106 valence electrons. The summed E-state index contributed by atoms with van der Waals surface area (Å²) in [7, 11) is 0. The Kier molecular flexibility index (Phi) is 4.08. The van der Waals surface area contributed by atoms with E-state index in [0.29, 0.717) is 0 Å². The minimum atomic E-state index is 0.843. The van der Waals surface area contributed by atoms with Gasteiger partial charge >= 0.3 is 0 Å². The van der Waals surface area contributed by atoms with E-state index in [1.807, 2.05) is 6.07 Å². The summed E-state index contributed by atoms with van der Waals surface area (Å²) >= 11 is 0. The van der Waals surface area contributed by atoms with Gasteiger partial charge in [0, 0.05) is 31.6 Å². The molecule has 1 aromatic heterocycles. The number of nitrogens with zero attached hydrogens (tertiary/aromatic N) is 3. The number of nitrogens with one attached hydrogen (secondary N) is 1. The Morgan fingerprint density at radius 1 is 1.25 bits per heavy atom. The average molecular weight is 272 g/mol. The van der Waals surface area contributed by atoms with E-state index in [1.54, 1.807) is 6.33 Å². The Morgan fingerprint density at radius 3 is 2.95 bits per heavy atom. The highest BCUT2D eigenvalue weighted by atomic mass is 16.5. The maximum Gasteiger partial charge on any atom is 0.137 e. The van der Waals surface area contributed by atoms with Gasteiger partial charge < -0.3 is 10.1 Å². The van der Waals surface area contributed by atoms with Gasteiger partial charge in [0.25, 0.3) is 0 Å². The summed E-state index contributed by atoms with van der Waals surface area (Å²) in [6.45, 7) is 7.71. The average Bonchev–Trinajstić information content (AvgIpc) is 2.49. The molecular weight excluding hydrogens is 252 g/mol. The van der Waals surface area contributed by atoms with Gasteiger partial charge in [-0.3, -0.25) is 4.90 Å². The summed E-state index contributed by atoms with van der Waals surface area (Å²) < 4.78 is 5.35. The smallest absolute Gasteiger partial charge is 0.137 e. The number of hydrogen-bond donors (Lipinski definition) is 1. The molecule has 1 N–H and O–H groups in total. The van der Waals surface area contributed by atoms with Crippen LogP contribution in [-0.2, 0) is 4.74 Å². The molecule has 5 nitrogen and oxygen atoms in total. The van der Waals surface area contributed by atoms with Crippen molar-refractivity contribution in [2.24, 2.45) is 0 Å². The molecule has 2 aromatic rings. The van der Waals surface area contributed by atoms with E-state index >= 15 is 0 Å². The van der Waals surface area contributed by atoms with Gasteiger partial charge in [-0.05, 0) is 19.1 Å². The second-order valence-electron chi connectivity index (χ2n) is 5.12. The van der Waals surface area contributed by atoms with Gasteiger partial charge in [0.05, 0.1) is 18.7 Å². The molecule has 0 unspecified atom stereocenters. The quantitative estimate of drug-likeness (QED) is 0.917. The Morgan fingerprint density at radius 2 is 2.10 bits per heavy atom. The van der Waals surface area contributed by atoms with Crippen molar-refractivity contribution in [3.8, 4) is 0 Å². The molecule has 1 fully saturated rings. The first-order valence-corrected chi connectivity index (χ1v) is 7.08. The van der Waals surface area contributed by atoms with E-state index in [2.05, 4.69) is 39.2 Å². The third-order valence-corrected chi connectivity index (χ3v) is 3.62. The molecule has 1 aromatic carbocycles. The maximum absolute atomic E-state index is 5.35. The van der Waals surface area contributed by atoms with Gasteiger partial charge in [0.15, 0.2) is 0 Å². The van der Waals surface area contributed by atoms with E-state index in [9.17, 15) is 0 Å². The highest BCUT2D eigenvalue weighted by Crippen LogP contribution is 2.20. The number of aromatic nitrogens is 2. The third-order valence-electron chi connectivity index (χ3n) is 3.62. The van der Waals surface area contributed by atoms with Crippen molar-refractivity contribution in [1.82, 2.24) is 14.9 Å². The van der Waals surface area contributed by atoms with Crippen LogP contribution in [0.3, 0.4) is 0 Å². The van der Waals surface area contributed by atoms with E-state index in [-0.39, 0.29) is 0 Å². The molecule has 5 heteroatoms. The topological polar surface area (TPSA) is 50.3 Å². The predicted octanol–water partition coefficient (Wildman–Crippen LogP) is 1.68. The first-order chi connectivity index (χ1) is 9.83. The van der Waals surface area contributed by atoms with Crippen LogP contribution in [0.1, 0.15) is 5.56 Å². The van der Waals surface area contributed by atoms with Crippen LogP contribution >= 0.6 is 0 Å². The molecule has 3 rings (SSSR count). The molecule has 20 heavy (non-hydrogen) atoms. The Balaban J connectivity index is 1.66. The van der Waals surface area contributed by atoms with Gasteiger partial charge in [-0.1, -0.05) is 11.6 Å². The van der Waals surface area contributed by atoms with Crippen molar-refractivity contribution in [3.05, 3.63) is 30.1 Å². The van der Waals surface area contributed by atoms with Crippen molar-refractivity contribution < 1.29 is 4.74 Å². The lowest BCUT2D eigenvalue weighted by Gasteiger charge is -2.26. The number of anilines is 1. The first-order valence-electron chi connectivity index (χ1n) is 7.08. The molecule has 0 aliphatic carbocycles. The molecular formula is C15H20N4O. The van der Waals surface area contributed by atoms with Crippen LogP contribution in [0, 0.1) is 6.92 Å². The zero-order chi connectivity index (χ0) is 13.8. The van der Waals surface area contributed by atoms with Gasteiger partial charge in [0.1, 0.15) is 12.1 Å². The van der Waals surface area contributed by atoms with Crippen LogP contribution in [0.15, 0.2) is 24.5 Å². The summed E-state index contributed by atoms with van der Waals surface area (Å²) in [4.78, 5) is 11.1. The summed E-state index contributed by atoms with van der Waals surface area (Å²) in [5.41, 5.74) is 2.21. The number of hydrogen-bond acceptors (Lipinski definition) is 5. The number of ether oxygens (including phenoxy) is 1. The van der Waals surface area contributed by atoms with Gasteiger partial charge in [-0.15, -0.1) is 0 Å². The summed E-state index contributed by atoms with van der Waals surface area (Å²) in [6.07, 6.45) is 1.62. The van der Waals surface area contributed by atoms with Crippen LogP contribution in [0.2, 0.25) is 0 Å². The minimum Gasteiger partial charge on any atom is -0.379 e. The first kappa shape index (κ1) is 13.3. The summed E-state index contributed by atoms with van der Waals surface area (Å²) in [5, 5.41) is 4.52. The number of aryl methyl sites for hydroxylation is 1. The fourth-order valence-electron chi connectivity index (χ4n) is 2.47. The summed E-state index contributed by atoms with van der Waals surface area (Å²) in [5.74, 6) is 0.923. The molecule has 1 saturated heterocycles. The second-order valence-corrected chi connectivity index (χ2v) is 5.12. The normalized spacial score (nSPS) is 16.4. The fraction of sp³-hybridized carbons (Fsp3) is 0.467. The molecule has 0 radical (unpaired) electrons. The highest BCUT2D eigenvalue weighted by molar-refractivity contribution is 5.89. The molecule has 1 aliphatic rings. The standard InChI is InChI=1S/C15H20N4O/c1-12-2-3-14-13(10-12)15(18-11-17-14)16-4-5-19-6-8-20-9-7-19/h2-3,10-11H,4-9H2,1H3,(H,16,17,18). The van der Waals surface area contributed by atoms with Crippen LogP contribution < -0.4 is 5.32 Å². The maximum atomic E-state index is 5.35. The van der Waals surface area contributed by atoms with E-state index in [1.165, 1.54) is 5.56 Å². The Hall–Kier alpha value is -1.72. The van der Waals surface area contributed by atoms with E-state index in [4.69, 9.17) is 4.74 Å². The van der Waals surface area contributed by atoms with Crippen molar-refractivity contribution in [2.75, 3.05) is 44.7 Å². The zero-order valence-electron chi connectivity index (χ0n) is 11.8. The number of morpholine rings is 1. The molecule has 0 atom stereocenters. The van der Waals surface area contributed by atoms with E-state index < -0.39 is 0 Å². The van der Waals surface area contributed by atoms with Gasteiger partial charge in [0.2, 0.25) is 0 Å². The lowest BCUT2D eigenvalue weighted by atomic mass is 10.1. The van der Waals surface area contributed by atoms with Crippen LogP contribution in [0.4, 0.5) is 5.82 Å². The molecule has 2 heterocycles. The number of benzene rings is 1. The third kappa shape index (κ3) is 3.05. The van der Waals surface area contributed by atoms with Crippen molar-refractivity contribution in [3.63, 3.8) is 0 Å². The molecule has 0 amide bonds. The fourth-order valence-corrected chi connectivity index (χ4v) is 2.47. The minimum absolute atomic E-state index is 0.843.